The molecule has 0 bridgehead atoms. The van der Waals surface area contributed by atoms with Crippen LogP contribution in [0.2, 0.25) is 0 Å². The fourth-order valence-electron chi connectivity index (χ4n) is 2.06. The quantitative estimate of drug-likeness (QED) is 0.684. The van der Waals surface area contributed by atoms with Gasteiger partial charge in [0.15, 0.2) is 0 Å². The summed E-state index contributed by atoms with van der Waals surface area (Å²) in [6.45, 7) is 6.55. The third-order valence-corrected chi connectivity index (χ3v) is 3.74. The SMILES string of the molecule is CCC(C)c1ccc(C(O)C(C)NCCC(=O)O)cc1. The van der Waals surface area contributed by atoms with Crippen LogP contribution in [0.15, 0.2) is 24.3 Å². The molecule has 0 heterocycles. The van der Waals surface area contributed by atoms with Gasteiger partial charge in [0.1, 0.15) is 0 Å². The van der Waals surface area contributed by atoms with Crippen molar-refractivity contribution in [1.82, 2.24) is 5.32 Å². The van der Waals surface area contributed by atoms with Gasteiger partial charge in [-0.05, 0) is 30.4 Å². The molecule has 0 fully saturated rings. The van der Waals surface area contributed by atoms with Crippen molar-refractivity contribution in [3.8, 4) is 0 Å². The Kier molecular flexibility index (Phi) is 6.68. The van der Waals surface area contributed by atoms with Crippen molar-refractivity contribution < 1.29 is 15.0 Å². The van der Waals surface area contributed by atoms with Gasteiger partial charge in [-0.15, -0.1) is 0 Å². The molecule has 0 aromatic heterocycles. The number of aliphatic hydroxyl groups excluding tert-OH is 1. The lowest BCUT2D eigenvalue weighted by molar-refractivity contribution is -0.136. The zero-order valence-corrected chi connectivity index (χ0v) is 12.5. The molecule has 0 radical (unpaired) electrons. The van der Waals surface area contributed by atoms with E-state index in [-0.39, 0.29) is 12.5 Å². The first-order chi connectivity index (χ1) is 9.45. The van der Waals surface area contributed by atoms with Gasteiger partial charge in [0.2, 0.25) is 0 Å². The molecular weight excluding hydrogens is 254 g/mol. The molecule has 4 nitrogen and oxygen atoms in total. The van der Waals surface area contributed by atoms with E-state index in [1.807, 2.05) is 19.1 Å². The van der Waals surface area contributed by atoms with Gasteiger partial charge in [0.05, 0.1) is 12.5 Å². The molecular formula is C16H25NO3. The maximum Gasteiger partial charge on any atom is 0.304 e. The van der Waals surface area contributed by atoms with Crippen LogP contribution in [0.4, 0.5) is 0 Å². The fraction of sp³-hybridized carbons (Fsp3) is 0.562. The molecule has 0 saturated heterocycles. The number of aliphatic hydroxyl groups is 1. The van der Waals surface area contributed by atoms with Crippen LogP contribution in [-0.4, -0.2) is 28.8 Å². The lowest BCUT2D eigenvalue weighted by Gasteiger charge is -2.21. The Morgan fingerprint density at radius 3 is 2.25 bits per heavy atom. The predicted molar refractivity (Wildman–Crippen MR) is 79.8 cm³/mol. The van der Waals surface area contributed by atoms with Crippen LogP contribution in [0.3, 0.4) is 0 Å². The van der Waals surface area contributed by atoms with E-state index in [1.54, 1.807) is 0 Å². The van der Waals surface area contributed by atoms with Gasteiger partial charge < -0.3 is 15.5 Å². The van der Waals surface area contributed by atoms with Gasteiger partial charge in [-0.1, -0.05) is 38.1 Å². The highest BCUT2D eigenvalue weighted by Crippen LogP contribution is 2.22. The van der Waals surface area contributed by atoms with E-state index in [9.17, 15) is 9.90 Å². The summed E-state index contributed by atoms with van der Waals surface area (Å²) in [7, 11) is 0. The summed E-state index contributed by atoms with van der Waals surface area (Å²) in [6.07, 6.45) is 0.522. The lowest BCUT2D eigenvalue weighted by Crippen LogP contribution is -2.33. The number of rotatable bonds is 8. The predicted octanol–water partition coefficient (Wildman–Crippen LogP) is 2.69. The highest BCUT2D eigenvalue weighted by molar-refractivity contribution is 5.66. The second-order valence-electron chi connectivity index (χ2n) is 5.31. The van der Waals surface area contributed by atoms with E-state index in [1.165, 1.54) is 5.56 Å². The van der Waals surface area contributed by atoms with Crippen molar-refractivity contribution in [2.24, 2.45) is 0 Å². The molecule has 1 aromatic rings. The van der Waals surface area contributed by atoms with Crippen LogP contribution in [0.5, 0.6) is 0 Å². The monoisotopic (exact) mass is 279 g/mol. The number of carboxylic acids is 1. The van der Waals surface area contributed by atoms with Gasteiger partial charge in [-0.3, -0.25) is 4.79 Å². The standard InChI is InChI=1S/C16H25NO3/c1-4-11(2)13-5-7-14(8-6-13)16(20)12(3)17-10-9-15(18)19/h5-8,11-12,16-17,20H,4,9-10H2,1-3H3,(H,18,19). The van der Waals surface area contributed by atoms with E-state index < -0.39 is 12.1 Å². The largest absolute Gasteiger partial charge is 0.481 e. The van der Waals surface area contributed by atoms with Crippen LogP contribution in [0.1, 0.15) is 56.8 Å². The van der Waals surface area contributed by atoms with Gasteiger partial charge in [0.25, 0.3) is 0 Å². The minimum atomic E-state index is -0.836. The molecule has 0 aliphatic carbocycles. The Bertz CT molecular complexity index is 416. The van der Waals surface area contributed by atoms with Gasteiger partial charge >= 0.3 is 5.97 Å². The summed E-state index contributed by atoms with van der Waals surface area (Å²) in [5.74, 6) is -0.315. The van der Waals surface area contributed by atoms with E-state index >= 15 is 0 Å². The molecule has 3 N–H and O–H groups in total. The molecule has 0 saturated carbocycles. The number of aliphatic carboxylic acids is 1. The van der Waals surface area contributed by atoms with E-state index in [2.05, 4.69) is 31.3 Å². The summed E-state index contributed by atoms with van der Waals surface area (Å²) in [5, 5.41) is 21.8. The molecule has 1 aromatic carbocycles. The van der Waals surface area contributed by atoms with Crippen molar-refractivity contribution >= 4 is 5.97 Å². The smallest absolute Gasteiger partial charge is 0.304 e. The molecule has 3 atom stereocenters. The van der Waals surface area contributed by atoms with Gasteiger partial charge in [-0.25, -0.2) is 0 Å². The first-order valence-corrected chi connectivity index (χ1v) is 7.18. The minimum absolute atomic E-state index is 0.0595. The molecule has 20 heavy (non-hydrogen) atoms. The topological polar surface area (TPSA) is 69.6 Å². The highest BCUT2D eigenvalue weighted by atomic mass is 16.4. The summed E-state index contributed by atoms with van der Waals surface area (Å²) in [4.78, 5) is 10.4. The van der Waals surface area contributed by atoms with E-state index in [4.69, 9.17) is 5.11 Å². The fourth-order valence-corrected chi connectivity index (χ4v) is 2.06. The van der Waals surface area contributed by atoms with Gasteiger partial charge in [-0.2, -0.15) is 0 Å². The van der Waals surface area contributed by atoms with Crippen LogP contribution in [-0.2, 0) is 4.79 Å². The second-order valence-corrected chi connectivity index (χ2v) is 5.31. The number of carbonyl (C=O) groups is 1. The number of nitrogens with one attached hydrogen (secondary N) is 1. The molecule has 0 aliphatic rings. The van der Waals surface area contributed by atoms with Crippen LogP contribution in [0.25, 0.3) is 0 Å². The van der Waals surface area contributed by atoms with Crippen molar-refractivity contribution in [3.05, 3.63) is 35.4 Å². The van der Waals surface area contributed by atoms with Crippen LogP contribution < -0.4 is 5.32 Å². The Labute approximate surface area is 120 Å². The zero-order valence-electron chi connectivity index (χ0n) is 12.5. The lowest BCUT2D eigenvalue weighted by atomic mass is 9.95. The third-order valence-electron chi connectivity index (χ3n) is 3.74. The first-order valence-electron chi connectivity index (χ1n) is 7.18. The third kappa shape index (κ3) is 4.94. The number of hydrogen-bond donors (Lipinski definition) is 3. The Balaban J connectivity index is 2.57. The number of hydrogen-bond acceptors (Lipinski definition) is 3. The van der Waals surface area contributed by atoms with Crippen molar-refractivity contribution in [2.45, 2.75) is 51.7 Å². The maximum atomic E-state index is 10.4. The average Bonchev–Trinajstić information content (AvgIpc) is 2.45. The minimum Gasteiger partial charge on any atom is -0.481 e. The molecule has 4 heteroatoms. The second kappa shape index (κ2) is 8.02. The number of carboxylic acid groups (broad SMARTS) is 1. The Morgan fingerprint density at radius 2 is 1.75 bits per heavy atom. The first kappa shape index (κ1) is 16.7. The molecule has 112 valence electrons. The van der Waals surface area contributed by atoms with E-state index in [0.717, 1.165) is 12.0 Å². The van der Waals surface area contributed by atoms with Crippen molar-refractivity contribution in [2.75, 3.05) is 6.54 Å². The normalized spacial score (nSPS) is 15.6. The van der Waals surface area contributed by atoms with Crippen molar-refractivity contribution in [1.29, 1.82) is 0 Å². The van der Waals surface area contributed by atoms with Crippen molar-refractivity contribution in [3.63, 3.8) is 0 Å². The summed E-state index contributed by atoms with van der Waals surface area (Å²) >= 11 is 0. The zero-order chi connectivity index (χ0) is 15.1. The summed E-state index contributed by atoms with van der Waals surface area (Å²) < 4.78 is 0. The maximum absolute atomic E-state index is 10.4. The van der Waals surface area contributed by atoms with Crippen LogP contribution in [0, 0.1) is 0 Å². The molecule has 0 spiro atoms. The van der Waals surface area contributed by atoms with Crippen LogP contribution >= 0.6 is 0 Å². The Morgan fingerprint density at radius 1 is 1.20 bits per heavy atom. The van der Waals surface area contributed by atoms with E-state index in [0.29, 0.717) is 12.5 Å². The Hall–Kier alpha value is -1.39. The number of benzene rings is 1. The highest BCUT2D eigenvalue weighted by Gasteiger charge is 2.16. The molecule has 0 aliphatic heterocycles. The summed E-state index contributed by atoms with van der Waals surface area (Å²) in [5.41, 5.74) is 2.13. The molecule has 1 rings (SSSR count). The van der Waals surface area contributed by atoms with Gasteiger partial charge in [0, 0.05) is 12.6 Å². The summed E-state index contributed by atoms with van der Waals surface area (Å²) in [6, 6.07) is 7.82. The average molecular weight is 279 g/mol. The molecule has 0 amide bonds. The molecule has 3 unspecified atom stereocenters.